The van der Waals surface area contributed by atoms with Gasteiger partial charge in [0.15, 0.2) is 0 Å². The van der Waals surface area contributed by atoms with Gasteiger partial charge in [0.05, 0.1) is 12.2 Å². The van der Waals surface area contributed by atoms with Crippen LogP contribution in [0.5, 0.6) is 0 Å². The molecular formula is C13H18O. The Hall–Kier alpha value is -0.820. The number of hydrogen-bond donors (Lipinski definition) is 0. The smallest absolute Gasteiger partial charge is 0.0828 e. The number of ether oxygens (including phenoxy) is 1. The van der Waals surface area contributed by atoms with Gasteiger partial charge in [-0.3, -0.25) is 0 Å². The van der Waals surface area contributed by atoms with E-state index in [1.54, 1.807) is 0 Å². The second-order valence-electron chi connectivity index (χ2n) is 4.28. The molecule has 1 fully saturated rings. The minimum Gasteiger partial charge on any atom is -0.371 e. The Morgan fingerprint density at radius 1 is 1.14 bits per heavy atom. The van der Waals surface area contributed by atoms with Crippen LogP contribution in [-0.4, -0.2) is 6.10 Å². The monoisotopic (exact) mass is 190 g/mol. The van der Waals surface area contributed by atoms with E-state index in [1.807, 2.05) is 0 Å². The molecule has 1 heterocycles. The van der Waals surface area contributed by atoms with Crippen LogP contribution >= 0.6 is 0 Å². The van der Waals surface area contributed by atoms with Crippen LogP contribution in [-0.2, 0) is 4.74 Å². The van der Waals surface area contributed by atoms with E-state index in [2.05, 4.69) is 38.1 Å². The Morgan fingerprint density at radius 2 is 1.86 bits per heavy atom. The van der Waals surface area contributed by atoms with Crippen molar-refractivity contribution in [2.45, 2.75) is 45.3 Å². The summed E-state index contributed by atoms with van der Waals surface area (Å²) in [5.41, 5.74) is 2.65. The fourth-order valence-electron chi connectivity index (χ4n) is 2.03. The first kappa shape index (κ1) is 9.72. The highest BCUT2D eigenvalue weighted by Crippen LogP contribution is 2.30. The maximum atomic E-state index is 5.91. The van der Waals surface area contributed by atoms with E-state index in [1.165, 1.54) is 30.4 Å². The molecule has 0 radical (unpaired) electrons. The second kappa shape index (κ2) is 4.14. The summed E-state index contributed by atoms with van der Waals surface area (Å²) < 4.78 is 5.91. The lowest BCUT2D eigenvalue weighted by Gasteiger charge is -2.28. The Balaban J connectivity index is 2.10. The van der Waals surface area contributed by atoms with Gasteiger partial charge in [-0.1, -0.05) is 29.8 Å². The van der Waals surface area contributed by atoms with Crippen molar-refractivity contribution in [1.82, 2.24) is 0 Å². The first-order chi connectivity index (χ1) is 6.75. The number of hydrogen-bond acceptors (Lipinski definition) is 1. The van der Waals surface area contributed by atoms with Gasteiger partial charge in [-0.2, -0.15) is 0 Å². The maximum Gasteiger partial charge on any atom is 0.0828 e. The summed E-state index contributed by atoms with van der Waals surface area (Å²) in [5, 5.41) is 0. The highest BCUT2D eigenvalue weighted by molar-refractivity contribution is 5.23. The van der Waals surface area contributed by atoms with Crippen LogP contribution < -0.4 is 0 Å². The van der Waals surface area contributed by atoms with Crippen molar-refractivity contribution in [2.75, 3.05) is 0 Å². The Bertz CT molecular complexity index is 289. The van der Waals surface area contributed by atoms with Gasteiger partial charge in [0, 0.05) is 0 Å². The molecule has 2 atom stereocenters. The van der Waals surface area contributed by atoms with Crippen LogP contribution in [0.1, 0.15) is 43.4 Å². The summed E-state index contributed by atoms with van der Waals surface area (Å²) in [6.07, 6.45) is 4.43. The molecule has 1 saturated heterocycles. The third-order valence-electron chi connectivity index (χ3n) is 2.92. The third-order valence-corrected chi connectivity index (χ3v) is 2.92. The molecule has 1 heteroatoms. The van der Waals surface area contributed by atoms with Crippen molar-refractivity contribution in [3.05, 3.63) is 35.4 Å². The average Bonchev–Trinajstić information content (AvgIpc) is 2.19. The molecule has 0 amide bonds. The molecule has 0 unspecified atom stereocenters. The van der Waals surface area contributed by atoms with Gasteiger partial charge in [0.1, 0.15) is 0 Å². The van der Waals surface area contributed by atoms with Gasteiger partial charge in [-0.25, -0.2) is 0 Å². The van der Waals surface area contributed by atoms with Gasteiger partial charge in [-0.05, 0) is 38.7 Å². The topological polar surface area (TPSA) is 9.23 Å². The quantitative estimate of drug-likeness (QED) is 0.657. The molecule has 14 heavy (non-hydrogen) atoms. The van der Waals surface area contributed by atoms with E-state index < -0.39 is 0 Å². The van der Waals surface area contributed by atoms with E-state index in [4.69, 9.17) is 4.74 Å². The molecule has 1 aromatic rings. The predicted molar refractivity (Wildman–Crippen MR) is 58.3 cm³/mol. The van der Waals surface area contributed by atoms with E-state index in [-0.39, 0.29) is 0 Å². The lowest BCUT2D eigenvalue weighted by atomic mass is 9.98. The first-order valence-electron chi connectivity index (χ1n) is 5.48. The zero-order valence-corrected chi connectivity index (χ0v) is 8.99. The summed E-state index contributed by atoms with van der Waals surface area (Å²) in [6.45, 7) is 4.29. The zero-order chi connectivity index (χ0) is 9.97. The van der Waals surface area contributed by atoms with Gasteiger partial charge in [0.25, 0.3) is 0 Å². The molecule has 0 saturated carbocycles. The summed E-state index contributed by atoms with van der Waals surface area (Å²) >= 11 is 0. The number of aryl methyl sites for hydroxylation is 1. The van der Waals surface area contributed by atoms with Crippen LogP contribution in [0, 0.1) is 6.92 Å². The van der Waals surface area contributed by atoms with E-state index in [0.29, 0.717) is 12.2 Å². The SMILES string of the molecule is Cc1ccc([C@@H]2CCC[C@@H](C)O2)cc1. The van der Waals surface area contributed by atoms with Crippen molar-refractivity contribution in [3.63, 3.8) is 0 Å². The molecule has 1 nitrogen and oxygen atoms in total. The second-order valence-corrected chi connectivity index (χ2v) is 4.28. The lowest BCUT2D eigenvalue weighted by molar-refractivity contribution is -0.0414. The molecule has 1 aliphatic heterocycles. The van der Waals surface area contributed by atoms with Crippen molar-refractivity contribution in [1.29, 1.82) is 0 Å². The van der Waals surface area contributed by atoms with Crippen molar-refractivity contribution in [3.8, 4) is 0 Å². The average molecular weight is 190 g/mol. The van der Waals surface area contributed by atoms with Crippen LogP contribution in [0.15, 0.2) is 24.3 Å². The summed E-state index contributed by atoms with van der Waals surface area (Å²) in [6, 6.07) is 8.71. The predicted octanol–water partition coefficient (Wildman–Crippen LogP) is 3.63. The van der Waals surface area contributed by atoms with Crippen LogP contribution in [0.4, 0.5) is 0 Å². The largest absolute Gasteiger partial charge is 0.371 e. The van der Waals surface area contributed by atoms with Crippen LogP contribution in [0.2, 0.25) is 0 Å². The van der Waals surface area contributed by atoms with E-state index in [0.717, 1.165) is 0 Å². The molecule has 76 valence electrons. The Kier molecular flexibility index (Phi) is 2.87. The summed E-state index contributed by atoms with van der Waals surface area (Å²) in [7, 11) is 0. The molecule has 0 N–H and O–H groups in total. The molecule has 0 aliphatic carbocycles. The number of benzene rings is 1. The van der Waals surface area contributed by atoms with Crippen molar-refractivity contribution < 1.29 is 4.74 Å². The summed E-state index contributed by atoms with van der Waals surface area (Å²) in [5.74, 6) is 0. The fourth-order valence-corrected chi connectivity index (χ4v) is 2.03. The number of rotatable bonds is 1. The standard InChI is InChI=1S/C13H18O/c1-10-6-8-12(9-7-10)13-5-3-4-11(2)14-13/h6-9,11,13H,3-5H2,1-2H3/t11-,13+/m1/s1. The molecule has 1 aromatic carbocycles. The Morgan fingerprint density at radius 3 is 2.50 bits per heavy atom. The highest BCUT2D eigenvalue weighted by Gasteiger charge is 2.20. The van der Waals surface area contributed by atoms with Crippen LogP contribution in [0.3, 0.4) is 0 Å². The zero-order valence-electron chi connectivity index (χ0n) is 8.99. The van der Waals surface area contributed by atoms with Crippen LogP contribution in [0.25, 0.3) is 0 Å². The highest BCUT2D eigenvalue weighted by atomic mass is 16.5. The molecule has 1 aliphatic rings. The minimum atomic E-state index is 0.333. The van der Waals surface area contributed by atoms with Gasteiger partial charge in [0.2, 0.25) is 0 Å². The first-order valence-corrected chi connectivity index (χ1v) is 5.48. The van der Waals surface area contributed by atoms with Gasteiger partial charge in [-0.15, -0.1) is 0 Å². The van der Waals surface area contributed by atoms with E-state index >= 15 is 0 Å². The maximum absolute atomic E-state index is 5.91. The fraction of sp³-hybridized carbons (Fsp3) is 0.538. The molecule has 0 bridgehead atoms. The molecule has 2 rings (SSSR count). The molecular weight excluding hydrogens is 172 g/mol. The normalized spacial score (nSPS) is 27.6. The summed E-state index contributed by atoms with van der Waals surface area (Å²) in [4.78, 5) is 0. The minimum absolute atomic E-state index is 0.333. The van der Waals surface area contributed by atoms with E-state index in [9.17, 15) is 0 Å². The Labute approximate surface area is 86.1 Å². The van der Waals surface area contributed by atoms with Gasteiger partial charge >= 0.3 is 0 Å². The molecule has 0 aromatic heterocycles. The van der Waals surface area contributed by atoms with Gasteiger partial charge < -0.3 is 4.74 Å². The lowest BCUT2D eigenvalue weighted by Crippen LogP contribution is -2.19. The van der Waals surface area contributed by atoms with Crippen molar-refractivity contribution >= 4 is 0 Å². The molecule has 0 spiro atoms. The third kappa shape index (κ3) is 2.16. The van der Waals surface area contributed by atoms with Crippen molar-refractivity contribution in [2.24, 2.45) is 0 Å².